The summed E-state index contributed by atoms with van der Waals surface area (Å²) in [5.41, 5.74) is 1.08. The maximum atomic E-state index is 13.1. The van der Waals surface area contributed by atoms with Crippen molar-refractivity contribution in [3.8, 4) is 0 Å². The zero-order valence-corrected chi connectivity index (χ0v) is 19.6. The fourth-order valence-corrected chi connectivity index (χ4v) is 4.35. The predicted octanol–water partition coefficient (Wildman–Crippen LogP) is 4.56. The van der Waals surface area contributed by atoms with E-state index >= 15 is 0 Å². The molecule has 0 bridgehead atoms. The molecule has 31 heavy (non-hydrogen) atoms. The number of aliphatic hydroxyl groups is 3. The number of carbonyl (C=O) groups excluding carboxylic acids is 1. The van der Waals surface area contributed by atoms with E-state index in [2.05, 4.69) is 13.0 Å². The fraction of sp³-hybridized carbons (Fsp3) is 0.654. The Morgan fingerprint density at radius 3 is 2.35 bits per heavy atom. The maximum absolute atomic E-state index is 13.1. The van der Waals surface area contributed by atoms with Crippen LogP contribution in [0.25, 0.3) is 0 Å². The first-order valence-corrected chi connectivity index (χ1v) is 11.5. The Morgan fingerprint density at radius 1 is 1.06 bits per heavy atom. The number of hydrogen-bond donors (Lipinski definition) is 3. The van der Waals surface area contributed by atoms with Crippen molar-refractivity contribution in [1.29, 1.82) is 0 Å². The molecule has 1 aliphatic heterocycles. The average molecular weight is 433 g/mol. The smallest absolute Gasteiger partial charge is 0.157 e. The van der Waals surface area contributed by atoms with Gasteiger partial charge < -0.3 is 20.1 Å². The van der Waals surface area contributed by atoms with Crippen molar-refractivity contribution < 1.29 is 24.9 Å². The molecule has 3 N–H and O–H groups in total. The molecule has 0 radical (unpaired) electrons. The highest BCUT2D eigenvalue weighted by Crippen LogP contribution is 2.34. The molecule has 0 spiro atoms. The quantitative estimate of drug-likeness (QED) is 0.566. The van der Waals surface area contributed by atoms with Crippen LogP contribution in [0.1, 0.15) is 78.4 Å². The molecular weight excluding hydrogens is 392 g/mol. The number of allylic oxidation sites excluding steroid dienone is 1. The van der Waals surface area contributed by atoms with Crippen molar-refractivity contribution in [2.75, 3.05) is 0 Å². The molecule has 5 heteroatoms. The molecule has 0 fully saturated rings. The number of ether oxygens (including phenoxy) is 1. The number of ketones is 1. The van der Waals surface area contributed by atoms with Crippen LogP contribution in [-0.2, 0) is 9.53 Å². The summed E-state index contributed by atoms with van der Waals surface area (Å²) in [6.07, 6.45) is 1.91. The number of rotatable bonds is 1. The van der Waals surface area contributed by atoms with Crippen molar-refractivity contribution in [3.05, 3.63) is 47.5 Å². The minimum Gasteiger partial charge on any atom is -0.392 e. The van der Waals surface area contributed by atoms with Crippen molar-refractivity contribution in [2.24, 2.45) is 17.3 Å². The minimum absolute atomic E-state index is 0.0152. The molecular formula is C26H40O5. The predicted molar refractivity (Wildman–Crippen MR) is 122 cm³/mol. The molecule has 1 aromatic rings. The van der Waals surface area contributed by atoms with Gasteiger partial charge in [-0.1, -0.05) is 69.7 Å². The summed E-state index contributed by atoms with van der Waals surface area (Å²) in [4.78, 5) is 13.1. The van der Waals surface area contributed by atoms with Crippen molar-refractivity contribution in [1.82, 2.24) is 0 Å². The van der Waals surface area contributed by atoms with Crippen LogP contribution in [0.2, 0.25) is 0 Å². The van der Waals surface area contributed by atoms with Gasteiger partial charge in [0.2, 0.25) is 0 Å². The first kappa shape index (κ1) is 25.7. The van der Waals surface area contributed by atoms with E-state index in [1.165, 1.54) is 5.57 Å². The minimum atomic E-state index is -1.21. The molecule has 2 rings (SSSR count). The Morgan fingerprint density at radius 2 is 1.71 bits per heavy atom. The largest absolute Gasteiger partial charge is 0.392 e. The monoisotopic (exact) mass is 432 g/mol. The van der Waals surface area contributed by atoms with E-state index in [9.17, 15) is 20.1 Å². The van der Waals surface area contributed by atoms with Gasteiger partial charge >= 0.3 is 0 Å². The second-order valence-electron chi connectivity index (χ2n) is 9.76. The van der Waals surface area contributed by atoms with E-state index in [4.69, 9.17) is 4.74 Å². The van der Waals surface area contributed by atoms with E-state index in [0.29, 0.717) is 6.42 Å². The second-order valence-corrected chi connectivity index (χ2v) is 9.76. The van der Waals surface area contributed by atoms with Gasteiger partial charge in [0, 0.05) is 17.8 Å². The van der Waals surface area contributed by atoms with Crippen LogP contribution in [0.15, 0.2) is 42.0 Å². The summed E-state index contributed by atoms with van der Waals surface area (Å²) in [6, 6.07) is 9.74. The topological polar surface area (TPSA) is 87.0 Å². The highest BCUT2D eigenvalue weighted by molar-refractivity contribution is 5.87. The van der Waals surface area contributed by atoms with E-state index in [1.54, 1.807) is 20.8 Å². The normalized spacial score (nSPS) is 35.9. The lowest BCUT2D eigenvalue weighted by Crippen LogP contribution is -2.46. The van der Waals surface area contributed by atoms with Crippen LogP contribution in [-0.4, -0.2) is 39.6 Å². The van der Waals surface area contributed by atoms with Gasteiger partial charge in [0.05, 0.1) is 18.3 Å². The van der Waals surface area contributed by atoms with Gasteiger partial charge in [-0.05, 0) is 44.1 Å². The third-order valence-electron chi connectivity index (χ3n) is 6.81. The molecule has 0 amide bonds. The first-order chi connectivity index (χ1) is 14.5. The van der Waals surface area contributed by atoms with Crippen molar-refractivity contribution in [2.45, 2.75) is 91.3 Å². The molecule has 0 aromatic heterocycles. The number of aliphatic hydroxyl groups excluding tert-OH is 3. The molecule has 1 aromatic carbocycles. The zero-order chi connectivity index (χ0) is 23.2. The van der Waals surface area contributed by atoms with Crippen molar-refractivity contribution >= 4 is 5.78 Å². The molecule has 0 saturated heterocycles. The summed E-state index contributed by atoms with van der Waals surface area (Å²) in [5.74, 6) is -0.813. The molecule has 1 unspecified atom stereocenters. The third-order valence-corrected chi connectivity index (χ3v) is 6.81. The van der Waals surface area contributed by atoms with Crippen LogP contribution in [0, 0.1) is 17.3 Å². The summed E-state index contributed by atoms with van der Waals surface area (Å²) in [5, 5.41) is 32.1. The lowest BCUT2D eigenvalue weighted by Gasteiger charge is -2.35. The highest BCUT2D eigenvalue weighted by Gasteiger charge is 2.42. The van der Waals surface area contributed by atoms with Gasteiger partial charge in [-0.3, -0.25) is 4.79 Å². The van der Waals surface area contributed by atoms with Crippen LogP contribution >= 0.6 is 0 Å². The average Bonchev–Trinajstić information content (AvgIpc) is 2.74. The number of hydrogen-bond acceptors (Lipinski definition) is 5. The molecule has 0 saturated carbocycles. The molecule has 5 nitrogen and oxygen atoms in total. The highest BCUT2D eigenvalue weighted by atomic mass is 16.6. The van der Waals surface area contributed by atoms with Gasteiger partial charge in [-0.25, -0.2) is 0 Å². The lowest BCUT2D eigenvalue weighted by atomic mass is 9.73. The van der Waals surface area contributed by atoms with E-state index in [-0.39, 0.29) is 24.2 Å². The molecule has 1 aliphatic rings. The molecule has 174 valence electrons. The Kier molecular flexibility index (Phi) is 9.44. The van der Waals surface area contributed by atoms with E-state index < -0.39 is 29.8 Å². The Balaban J connectivity index is 2.30. The Bertz CT molecular complexity index is 727. The lowest BCUT2D eigenvalue weighted by molar-refractivity contribution is -0.167. The third kappa shape index (κ3) is 6.98. The maximum Gasteiger partial charge on any atom is 0.157 e. The van der Waals surface area contributed by atoms with Gasteiger partial charge in [-0.15, -0.1) is 0 Å². The van der Waals surface area contributed by atoms with Crippen LogP contribution in [0.4, 0.5) is 0 Å². The van der Waals surface area contributed by atoms with Gasteiger partial charge in [0.15, 0.2) is 6.29 Å². The van der Waals surface area contributed by atoms with Crippen LogP contribution < -0.4 is 0 Å². The zero-order valence-electron chi connectivity index (χ0n) is 19.6. The summed E-state index contributed by atoms with van der Waals surface area (Å²) >= 11 is 0. The fourth-order valence-electron chi connectivity index (χ4n) is 4.35. The standard InChI is InChI=1S/C26H40O5/c1-17-10-9-11-18(2)24(29)19(3)25(30)26(4,5)22(27)16-23(28)31-21(15-14-17)20-12-7-6-8-13-20/h6-8,12-14,18-19,21-24,27-29H,9-11,15-16H2,1-5H3/b17-14-/t18-,19+,21-,22-,23?,24-/m0/s1. The number of benzene rings is 1. The van der Waals surface area contributed by atoms with Gasteiger partial charge in [0.1, 0.15) is 5.78 Å². The molecule has 0 aliphatic carbocycles. The Hall–Kier alpha value is -1.53. The second kappa shape index (κ2) is 11.4. The number of carbonyl (C=O) groups is 1. The first-order valence-electron chi connectivity index (χ1n) is 11.5. The Labute approximate surface area is 187 Å². The number of Topliss-reactive ketones (excluding diaryl/α,β-unsaturated/α-hetero) is 1. The summed E-state index contributed by atoms with van der Waals surface area (Å²) in [7, 11) is 0. The molecule has 6 atom stereocenters. The summed E-state index contributed by atoms with van der Waals surface area (Å²) < 4.78 is 5.94. The van der Waals surface area contributed by atoms with Crippen molar-refractivity contribution in [3.63, 3.8) is 0 Å². The van der Waals surface area contributed by atoms with E-state index in [1.807, 2.05) is 37.3 Å². The van der Waals surface area contributed by atoms with E-state index in [0.717, 1.165) is 24.8 Å². The van der Waals surface area contributed by atoms with Crippen LogP contribution in [0.3, 0.4) is 0 Å². The SMILES string of the molecule is C/C1=C/C[C@@H](c2ccccc2)OC(O)C[C@H](O)C(C)(C)C(=O)[C@H](C)[C@@H](O)[C@@H](C)CCC1. The van der Waals surface area contributed by atoms with Crippen LogP contribution in [0.5, 0.6) is 0 Å². The summed E-state index contributed by atoms with van der Waals surface area (Å²) in [6.45, 7) is 9.13. The molecule has 1 heterocycles. The van der Waals surface area contributed by atoms with Gasteiger partial charge in [-0.2, -0.15) is 0 Å². The van der Waals surface area contributed by atoms with Gasteiger partial charge in [0.25, 0.3) is 0 Å².